The number of nitrogens with one attached hydrogen (secondary N) is 1. The molecule has 2 aromatic rings. The van der Waals surface area contributed by atoms with Gasteiger partial charge >= 0.3 is 0 Å². The largest absolute Gasteiger partial charge is 0.872 e. The second-order valence-corrected chi connectivity index (χ2v) is 8.15. The van der Waals surface area contributed by atoms with Gasteiger partial charge in [-0.2, -0.15) is 0 Å². The van der Waals surface area contributed by atoms with Gasteiger partial charge in [0.15, 0.2) is 0 Å². The smallest absolute Gasteiger partial charge is 0.295 e. The number of hydrogen-bond acceptors (Lipinski definition) is 5. The maximum absolute atomic E-state index is 13.5. The van der Waals surface area contributed by atoms with Gasteiger partial charge < -0.3 is 24.4 Å². The Labute approximate surface area is 195 Å². The SMILES string of the molecule is CC[NH+](CC)CCN1C(=O)C(=O)/C(=C(/[O-])c2ccc(C)cc2)C1c1ccc(OC)cc1OC. The molecule has 0 aliphatic carbocycles. The lowest BCUT2D eigenvalue weighted by molar-refractivity contribution is -0.895. The lowest BCUT2D eigenvalue weighted by atomic mass is 9.94. The molecule has 1 aliphatic heterocycles. The summed E-state index contributed by atoms with van der Waals surface area (Å²) in [6.07, 6.45) is 0. The first kappa shape index (κ1) is 24.3. The van der Waals surface area contributed by atoms with E-state index in [-0.39, 0.29) is 5.57 Å². The Hall–Kier alpha value is -3.32. The van der Waals surface area contributed by atoms with Crippen LogP contribution in [0.5, 0.6) is 11.5 Å². The molecule has 0 spiro atoms. The predicted octanol–water partition coefficient (Wildman–Crippen LogP) is 1.16. The third-order valence-electron chi connectivity index (χ3n) is 6.28. The fraction of sp³-hybridized carbons (Fsp3) is 0.385. The monoisotopic (exact) mass is 452 g/mol. The minimum atomic E-state index is -0.824. The van der Waals surface area contributed by atoms with Crippen molar-refractivity contribution in [3.05, 3.63) is 64.7 Å². The number of benzene rings is 2. The van der Waals surface area contributed by atoms with E-state index < -0.39 is 23.5 Å². The second kappa shape index (κ2) is 10.5. The number of methoxy groups -OCH3 is 2. The zero-order valence-electron chi connectivity index (χ0n) is 19.9. The fourth-order valence-electron chi connectivity index (χ4n) is 4.21. The molecule has 1 N–H and O–H groups in total. The number of nitrogens with zero attached hydrogens (tertiary/aromatic N) is 1. The Bertz CT molecular complexity index is 1040. The van der Waals surface area contributed by atoms with Gasteiger partial charge in [-0.25, -0.2) is 0 Å². The maximum Gasteiger partial charge on any atom is 0.295 e. The van der Waals surface area contributed by atoms with E-state index in [1.807, 2.05) is 19.1 Å². The van der Waals surface area contributed by atoms with Gasteiger partial charge in [-0.3, -0.25) is 9.59 Å². The molecule has 1 heterocycles. The van der Waals surface area contributed by atoms with Crippen molar-refractivity contribution in [1.29, 1.82) is 0 Å². The van der Waals surface area contributed by atoms with Crippen molar-refractivity contribution in [2.75, 3.05) is 40.4 Å². The molecule has 1 aliphatic rings. The molecule has 0 saturated carbocycles. The van der Waals surface area contributed by atoms with E-state index in [2.05, 4.69) is 13.8 Å². The van der Waals surface area contributed by atoms with Crippen molar-refractivity contribution in [2.24, 2.45) is 0 Å². The summed E-state index contributed by atoms with van der Waals surface area (Å²) in [5.74, 6) is -0.806. The Morgan fingerprint density at radius 1 is 1.03 bits per heavy atom. The second-order valence-electron chi connectivity index (χ2n) is 8.15. The summed E-state index contributed by atoms with van der Waals surface area (Å²) in [5, 5.41) is 13.5. The number of carbonyl (C=O) groups is 2. The number of likely N-dealkylation sites (N-methyl/N-ethyl adjacent to an activating group) is 1. The van der Waals surface area contributed by atoms with E-state index in [1.165, 1.54) is 16.9 Å². The van der Waals surface area contributed by atoms with Crippen molar-refractivity contribution in [1.82, 2.24) is 4.90 Å². The molecular formula is C26H32N2O5. The summed E-state index contributed by atoms with van der Waals surface area (Å²) >= 11 is 0. The molecule has 1 unspecified atom stereocenters. The Morgan fingerprint density at radius 3 is 2.27 bits per heavy atom. The molecule has 2 aromatic carbocycles. The number of aryl methyl sites for hydroxylation is 1. The van der Waals surface area contributed by atoms with Crippen molar-refractivity contribution in [2.45, 2.75) is 26.8 Å². The number of amides is 1. The zero-order valence-corrected chi connectivity index (χ0v) is 19.9. The molecule has 1 saturated heterocycles. The van der Waals surface area contributed by atoms with Crippen LogP contribution in [0.15, 0.2) is 48.0 Å². The Balaban J connectivity index is 2.17. The lowest BCUT2D eigenvalue weighted by Crippen LogP contribution is -3.12. The van der Waals surface area contributed by atoms with Crippen LogP contribution in [0.25, 0.3) is 5.76 Å². The van der Waals surface area contributed by atoms with Gasteiger partial charge in [0.25, 0.3) is 5.91 Å². The van der Waals surface area contributed by atoms with E-state index in [1.54, 1.807) is 37.4 Å². The summed E-state index contributed by atoms with van der Waals surface area (Å²) in [6.45, 7) is 8.92. The molecule has 0 radical (unpaired) electrons. The van der Waals surface area contributed by atoms with Gasteiger partial charge in [-0.05, 0) is 38.5 Å². The molecule has 1 atom stereocenters. The fourth-order valence-corrected chi connectivity index (χ4v) is 4.21. The van der Waals surface area contributed by atoms with E-state index in [4.69, 9.17) is 9.47 Å². The number of ether oxygens (including phenoxy) is 2. The molecule has 7 heteroatoms. The van der Waals surface area contributed by atoms with Crippen LogP contribution in [0.2, 0.25) is 0 Å². The molecule has 0 bridgehead atoms. The summed E-state index contributed by atoms with van der Waals surface area (Å²) in [7, 11) is 3.07. The van der Waals surface area contributed by atoms with E-state index in [0.29, 0.717) is 35.7 Å². The van der Waals surface area contributed by atoms with Crippen molar-refractivity contribution in [3.63, 3.8) is 0 Å². The van der Waals surface area contributed by atoms with Crippen LogP contribution in [0, 0.1) is 6.92 Å². The highest BCUT2D eigenvalue weighted by Gasteiger charge is 2.45. The third-order valence-corrected chi connectivity index (χ3v) is 6.28. The Kier molecular flexibility index (Phi) is 7.76. The third kappa shape index (κ3) is 4.88. The van der Waals surface area contributed by atoms with E-state index in [9.17, 15) is 14.7 Å². The normalized spacial score (nSPS) is 17.6. The first-order chi connectivity index (χ1) is 15.9. The molecule has 33 heavy (non-hydrogen) atoms. The van der Waals surface area contributed by atoms with Crippen LogP contribution in [-0.2, 0) is 9.59 Å². The highest BCUT2D eigenvalue weighted by molar-refractivity contribution is 6.46. The summed E-state index contributed by atoms with van der Waals surface area (Å²) in [5.41, 5.74) is 1.93. The van der Waals surface area contributed by atoms with Crippen molar-refractivity contribution < 1.29 is 29.1 Å². The van der Waals surface area contributed by atoms with Crippen molar-refractivity contribution in [3.8, 4) is 11.5 Å². The highest BCUT2D eigenvalue weighted by Crippen LogP contribution is 2.42. The van der Waals surface area contributed by atoms with Crippen LogP contribution < -0.4 is 19.5 Å². The first-order valence-electron chi connectivity index (χ1n) is 11.2. The van der Waals surface area contributed by atoms with Gasteiger partial charge in [0.05, 0.1) is 46.4 Å². The number of rotatable bonds is 9. The topological polar surface area (TPSA) is 83.3 Å². The zero-order chi connectivity index (χ0) is 24.1. The van der Waals surface area contributed by atoms with E-state index >= 15 is 0 Å². The van der Waals surface area contributed by atoms with Gasteiger partial charge in [0.2, 0.25) is 5.78 Å². The summed E-state index contributed by atoms with van der Waals surface area (Å²) in [4.78, 5) is 29.1. The average molecular weight is 453 g/mol. The maximum atomic E-state index is 13.5. The molecule has 7 nitrogen and oxygen atoms in total. The number of carbonyl (C=O) groups excluding carboxylic acids is 2. The number of Topliss-reactive ketones (excluding diaryl/α,β-unsaturated/α-hetero) is 1. The van der Waals surface area contributed by atoms with Gasteiger partial charge in [-0.1, -0.05) is 35.6 Å². The van der Waals surface area contributed by atoms with E-state index in [0.717, 1.165) is 18.7 Å². The lowest BCUT2D eigenvalue weighted by Gasteiger charge is -2.29. The average Bonchev–Trinajstić information content (AvgIpc) is 3.09. The number of quaternary nitrogens is 1. The van der Waals surface area contributed by atoms with Crippen LogP contribution in [0.3, 0.4) is 0 Å². The molecule has 3 rings (SSSR count). The molecule has 176 valence electrons. The van der Waals surface area contributed by atoms with Gasteiger partial charge in [0, 0.05) is 17.2 Å². The minimum Gasteiger partial charge on any atom is -0.872 e. The molecule has 1 amide bonds. The summed E-state index contributed by atoms with van der Waals surface area (Å²) < 4.78 is 10.9. The standard InChI is InChI=1S/C26H32N2O5/c1-6-27(7-2)14-15-28-23(20-13-12-19(32-4)16-21(20)33-5)22(25(30)26(28)31)24(29)18-10-8-17(3)9-11-18/h8-13,16,23,29H,6-7,14-15H2,1-5H3/b24-22+. The molecule has 0 aromatic heterocycles. The summed E-state index contributed by atoms with van der Waals surface area (Å²) in [6, 6.07) is 11.4. The van der Waals surface area contributed by atoms with Gasteiger partial charge in [0.1, 0.15) is 11.5 Å². The van der Waals surface area contributed by atoms with Gasteiger partial charge in [-0.15, -0.1) is 0 Å². The molecular weight excluding hydrogens is 420 g/mol. The Morgan fingerprint density at radius 2 is 1.70 bits per heavy atom. The predicted molar refractivity (Wildman–Crippen MR) is 124 cm³/mol. The number of hydrogen-bond donors (Lipinski definition) is 1. The van der Waals surface area contributed by atoms with Crippen LogP contribution in [0.4, 0.5) is 0 Å². The molecule has 1 fully saturated rings. The number of likely N-dealkylation sites (tertiary alicyclic amines) is 1. The number of ketones is 1. The minimum absolute atomic E-state index is 0.0399. The van der Waals surface area contributed by atoms with Crippen LogP contribution in [0.1, 0.15) is 36.6 Å². The quantitative estimate of drug-likeness (QED) is 0.351. The highest BCUT2D eigenvalue weighted by atomic mass is 16.5. The first-order valence-corrected chi connectivity index (χ1v) is 11.2. The van der Waals surface area contributed by atoms with Crippen LogP contribution >= 0.6 is 0 Å². The van der Waals surface area contributed by atoms with Crippen LogP contribution in [-0.4, -0.2) is 57.0 Å². The van der Waals surface area contributed by atoms with Crippen molar-refractivity contribution >= 4 is 17.4 Å².